The number of hydrogen-bond donors (Lipinski definition) is 1. The third kappa shape index (κ3) is 5.29. The SMILES string of the molecule is COc1cccc([C@H](CCc2cc(OC)c(OC)c(OC)c2)NC(C)=O)c1. The summed E-state index contributed by atoms with van der Waals surface area (Å²) in [4.78, 5) is 11.7. The molecule has 0 aliphatic carbocycles. The maximum absolute atomic E-state index is 11.7. The molecule has 2 rings (SSSR count). The summed E-state index contributed by atoms with van der Waals surface area (Å²) in [6, 6.07) is 11.5. The van der Waals surface area contributed by atoms with Gasteiger partial charge in [-0.25, -0.2) is 0 Å². The van der Waals surface area contributed by atoms with Gasteiger partial charge in [0, 0.05) is 6.92 Å². The van der Waals surface area contributed by atoms with Crippen LogP contribution in [-0.2, 0) is 11.2 Å². The molecule has 0 heterocycles. The maximum Gasteiger partial charge on any atom is 0.217 e. The molecule has 6 nitrogen and oxygen atoms in total. The summed E-state index contributed by atoms with van der Waals surface area (Å²) in [6.45, 7) is 1.52. The Morgan fingerprint density at radius 2 is 1.63 bits per heavy atom. The number of methoxy groups -OCH3 is 4. The third-order valence-electron chi connectivity index (χ3n) is 4.32. The summed E-state index contributed by atoms with van der Waals surface area (Å²) in [6.07, 6.45) is 1.43. The normalized spacial score (nSPS) is 11.4. The minimum absolute atomic E-state index is 0.0762. The Labute approximate surface area is 160 Å². The van der Waals surface area contributed by atoms with Crippen molar-refractivity contribution in [2.45, 2.75) is 25.8 Å². The van der Waals surface area contributed by atoms with Crippen LogP contribution in [0.25, 0.3) is 0 Å². The minimum atomic E-state index is -0.128. The molecule has 0 aromatic heterocycles. The van der Waals surface area contributed by atoms with E-state index in [1.807, 2.05) is 36.4 Å². The molecule has 2 aromatic rings. The highest BCUT2D eigenvalue weighted by atomic mass is 16.5. The van der Waals surface area contributed by atoms with Crippen molar-refractivity contribution in [3.8, 4) is 23.0 Å². The first-order chi connectivity index (χ1) is 13.0. The van der Waals surface area contributed by atoms with Gasteiger partial charge in [-0.1, -0.05) is 12.1 Å². The predicted molar refractivity (Wildman–Crippen MR) is 104 cm³/mol. The molecule has 0 aliphatic heterocycles. The fourth-order valence-corrected chi connectivity index (χ4v) is 3.02. The van der Waals surface area contributed by atoms with E-state index < -0.39 is 0 Å². The van der Waals surface area contributed by atoms with Gasteiger partial charge in [0.2, 0.25) is 11.7 Å². The van der Waals surface area contributed by atoms with E-state index in [1.165, 1.54) is 6.92 Å². The first-order valence-electron chi connectivity index (χ1n) is 8.72. The van der Waals surface area contributed by atoms with Crippen LogP contribution in [0, 0.1) is 0 Å². The molecule has 0 spiro atoms. The van der Waals surface area contributed by atoms with Gasteiger partial charge in [0.25, 0.3) is 0 Å². The lowest BCUT2D eigenvalue weighted by atomic mass is 9.98. The maximum atomic E-state index is 11.7. The Hall–Kier alpha value is -2.89. The van der Waals surface area contributed by atoms with Gasteiger partial charge in [0.15, 0.2) is 11.5 Å². The van der Waals surface area contributed by atoms with E-state index in [2.05, 4.69) is 5.32 Å². The summed E-state index contributed by atoms with van der Waals surface area (Å²) < 4.78 is 21.5. The molecule has 0 saturated carbocycles. The quantitative estimate of drug-likeness (QED) is 0.728. The zero-order chi connectivity index (χ0) is 19.8. The Balaban J connectivity index is 2.25. The second-order valence-corrected chi connectivity index (χ2v) is 6.10. The number of hydrogen-bond acceptors (Lipinski definition) is 5. The number of carbonyl (C=O) groups is 1. The molecule has 2 aromatic carbocycles. The zero-order valence-corrected chi connectivity index (χ0v) is 16.5. The predicted octanol–water partition coefficient (Wildman–Crippen LogP) is 3.53. The second-order valence-electron chi connectivity index (χ2n) is 6.10. The summed E-state index contributed by atoms with van der Waals surface area (Å²) in [5, 5.41) is 3.02. The molecule has 6 heteroatoms. The molecule has 1 atom stereocenters. The third-order valence-corrected chi connectivity index (χ3v) is 4.32. The van der Waals surface area contributed by atoms with Crippen LogP contribution in [-0.4, -0.2) is 34.3 Å². The van der Waals surface area contributed by atoms with Crippen molar-refractivity contribution in [3.63, 3.8) is 0 Å². The van der Waals surface area contributed by atoms with Crippen LogP contribution in [0.5, 0.6) is 23.0 Å². The van der Waals surface area contributed by atoms with Gasteiger partial charge in [-0.3, -0.25) is 4.79 Å². The largest absolute Gasteiger partial charge is 0.497 e. The fraction of sp³-hybridized carbons (Fsp3) is 0.381. The van der Waals surface area contributed by atoms with Gasteiger partial charge in [0.05, 0.1) is 34.5 Å². The van der Waals surface area contributed by atoms with Gasteiger partial charge >= 0.3 is 0 Å². The van der Waals surface area contributed by atoms with Crippen LogP contribution in [0.3, 0.4) is 0 Å². The van der Waals surface area contributed by atoms with E-state index in [-0.39, 0.29) is 11.9 Å². The van der Waals surface area contributed by atoms with Gasteiger partial charge in [0.1, 0.15) is 5.75 Å². The average Bonchev–Trinajstić information content (AvgIpc) is 2.69. The summed E-state index contributed by atoms with van der Waals surface area (Å²) in [5.74, 6) is 2.48. The molecule has 1 amide bonds. The van der Waals surface area contributed by atoms with E-state index in [0.29, 0.717) is 23.7 Å². The summed E-state index contributed by atoms with van der Waals surface area (Å²) in [7, 11) is 6.40. The van der Waals surface area contributed by atoms with Gasteiger partial charge in [-0.15, -0.1) is 0 Å². The number of ether oxygens (including phenoxy) is 4. The lowest BCUT2D eigenvalue weighted by molar-refractivity contribution is -0.119. The average molecular weight is 373 g/mol. The van der Waals surface area contributed by atoms with Gasteiger partial charge in [-0.05, 0) is 48.2 Å². The molecule has 0 radical (unpaired) electrons. The van der Waals surface area contributed by atoms with Crippen molar-refractivity contribution in [3.05, 3.63) is 47.5 Å². The molecule has 27 heavy (non-hydrogen) atoms. The van der Waals surface area contributed by atoms with Crippen LogP contribution in [0.1, 0.15) is 30.5 Å². The standard InChI is InChI=1S/C21H27NO5/c1-14(23)22-18(16-7-6-8-17(13-16)24-2)10-9-15-11-19(25-3)21(27-5)20(12-15)26-4/h6-8,11-13,18H,9-10H2,1-5H3,(H,22,23)/t18-/m0/s1. The highest BCUT2D eigenvalue weighted by Gasteiger charge is 2.17. The van der Waals surface area contributed by atoms with Gasteiger partial charge in [-0.2, -0.15) is 0 Å². The number of carbonyl (C=O) groups excluding carboxylic acids is 1. The van der Waals surface area contributed by atoms with E-state index in [0.717, 1.165) is 23.3 Å². The van der Waals surface area contributed by atoms with Crippen molar-refractivity contribution in [1.82, 2.24) is 5.32 Å². The highest BCUT2D eigenvalue weighted by molar-refractivity contribution is 5.73. The topological polar surface area (TPSA) is 66.0 Å². The Bertz CT molecular complexity index is 750. The van der Waals surface area contributed by atoms with Gasteiger partial charge < -0.3 is 24.3 Å². The second kappa shape index (κ2) is 9.71. The van der Waals surface area contributed by atoms with Crippen molar-refractivity contribution < 1.29 is 23.7 Å². The first kappa shape index (κ1) is 20.4. The van der Waals surface area contributed by atoms with Crippen LogP contribution >= 0.6 is 0 Å². The molecular formula is C21H27NO5. The molecule has 1 N–H and O–H groups in total. The van der Waals surface area contributed by atoms with Crippen molar-refractivity contribution in [1.29, 1.82) is 0 Å². The Morgan fingerprint density at radius 3 is 2.15 bits per heavy atom. The van der Waals surface area contributed by atoms with Crippen LogP contribution in [0.2, 0.25) is 0 Å². The number of amides is 1. The van der Waals surface area contributed by atoms with E-state index in [9.17, 15) is 4.79 Å². The lowest BCUT2D eigenvalue weighted by Crippen LogP contribution is -2.26. The van der Waals surface area contributed by atoms with Crippen molar-refractivity contribution in [2.75, 3.05) is 28.4 Å². The highest BCUT2D eigenvalue weighted by Crippen LogP contribution is 2.38. The number of rotatable bonds is 9. The van der Waals surface area contributed by atoms with Crippen molar-refractivity contribution >= 4 is 5.91 Å². The smallest absolute Gasteiger partial charge is 0.217 e. The Morgan fingerprint density at radius 1 is 0.963 bits per heavy atom. The minimum Gasteiger partial charge on any atom is -0.497 e. The fourth-order valence-electron chi connectivity index (χ4n) is 3.02. The monoisotopic (exact) mass is 373 g/mol. The van der Waals surface area contributed by atoms with E-state index in [4.69, 9.17) is 18.9 Å². The summed E-state index contributed by atoms with van der Waals surface area (Å²) in [5.41, 5.74) is 2.03. The molecule has 0 fully saturated rings. The first-order valence-corrected chi connectivity index (χ1v) is 8.72. The number of aryl methyl sites for hydroxylation is 1. The van der Waals surface area contributed by atoms with Crippen LogP contribution < -0.4 is 24.3 Å². The van der Waals surface area contributed by atoms with Crippen LogP contribution in [0.15, 0.2) is 36.4 Å². The molecule has 146 valence electrons. The van der Waals surface area contributed by atoms with E-state index in [1.54, 1.807) is 28.4 Å². The molecular weight excluding hydrogens is 346 g/mol. The molecule has 0 unspecified atom stereocenters. The molecule has 0 bridgehead atoms. The van der Waals surface area contributed by atoms with Crippen molar-refractivity contribution in [2.24, 2.45) is 0 Å². The lowest BCUT2D eigenvalue weighted by Gasteiger charge is -2.20. The molecule has 0 saturated heterocycles. The van der Waals surface area contributed by atoms with Crippen LogP contribution in [0.4, 0.5) is 0 Å². The van der Waals surface area contributed by atoms with E-state index >= 15 is 0 Å². The number of nitrogens with one attached hydrogen (secondary N) is 1. The molecule has 0 aliphatic rings. The summed E-state index contributed by atoms with van der Waals surface area (Å²) >= 11 is 0. The Kier molecular flexibility index (Phi) is 7.34. The number of benzene rings is 2. The zero-order valence-electron chi connectivity index (χ0n) is 16.5.